The molecule has 1 atom stereocenters. The Bertz CT molecular complexity index is 1070. The van der Waals surface area contributed by atoms with Crippen LogP contribution in [0.4, 0.5) is 0 Å². The summed E-state index contributed by atoms with van der Waals surface area (Å²) in [6.45, 7) is 4.00. The summed E-state index contributed by atoms with van der Waals surface area (Å²) < 4.78 is 8.45. The number of nitrogens with zero attached hydrogens (tertiary/aromatic N) is 2. The van der Waals surface area contributed by atoms with Gasteiger partial charge in [-0.05, 0) is 56.0 Å². The van der Waals surface area contributed by atoms with Gasteiger partial charge in [0.25, 0.3) is 5.91 Å². The summed E-state index contributed by atoms with van der Waals surface area (Å²) in [6.07, 6.45) is 1.48. The van der Waals surface area contributed by atoms with Crippen LogP contribution in [0, 0.1) is 13.8 Å². The van der Waals surface area contributed by atoms with Gasteiger partial charge in [0.2, 0.25) is 0 Å². The third-order valence-corrected chi connectivity index (χ3v) is 5.66. The Morgan fingerprint density at radius 3 is 2.81 bits per heavy atom. The molecule has 0 bridgehead atoms. The minimum Gasteiger partial charge on any atom is -0.483 e. The molecule has 0 aliphatic carbocycles. The van der Waals surface area contributed by atoms with Gasteiger partial charge in [-0.1, -0.05) is 17.7 Å². The fourth-order valence-corrected chi connectivity index (χ4v) is 4.08. The van der Waals surface area contributed by atoms with Crippen LogP contribution in [0.15, 0.2) is 24.3 Å². The van der Waals surface area contributed by atoms with E-state index in [1.807, 2.05) is 49.7 Å². The number of benzene rings is 2. The van der Waals surface area contributed by atoms with Gasteiger partial charge in [0.1, 0.15) is 17.4 Å². The van der Waals surface area contributed by atoms with Gasteiger partial charge in [-0.3, -0.25) is 4.79 Å². The Balaban J connectivity index is 1.88. The first-order valence-electron chi connectivity index (χ1n) is 9.04. The molecule has 1 aliphatic rings. The molecule has 1 aromatic heterocycles. The lowest BCUT2D eigenvalue weighted by Crippen LogP contribution is -2.23. The SMILES string of the molecule is CNC(=O)c1cc2c(nc(C)n2C)c2c1CC[C@@H](c1ccc(Cl)cc1C)O2. The van der Waals surface area contributed by atoms with Crippen molar-refractivity contribution in [3.05, 3.63) is 57.4 Å². The second-order valence-corrected chi connectivity index (χ2v) is 7.48. The van der Waals surface area contributed by atoms with Gasteiger partial charge in [0, 0.05) is 30.2 Å². The fourth-order valence-electron chi connectivity index (χ4n) is 3.86. The molecule has 5 nitrogen and oxygen atoms in total. The molecule has 0 fully saturated rings. The predicted octanol–water partition coefficient (Wildman–Crippen LogP) is 4.27. The van der Waals surface area contributed by atoms with Gasteiger partial charge in [-0.2, -0.15) is 0 Å². The lowest BCUT2D eigenvalue weighted by molar-refractivity contribution is 0.0959. The Morgan fingerprint density at radius 2 is 2.11 bits per heavy atom. The first-order valence-corrected chi connectivity index (χ1v) is 9.42. The van der Waals surface area contributed by atoms with E-state index in [2.05, 4.69) is 5.32 Å². The van der Waals surface area contributed by atoms with Crippen LogP contribution in [0.5, 0.6) is 5.75 Å². The molecule has 2 aromatic carbocycles. The van der Waals surface area contributed by atoms with Crippen molar-refractivity contribution in [2.75, 3.05) is 7.05 Å². The van der Waals surface area contributed by atoms with E-state index in [4.69, 9.17) is 21.3 Å². The second-order valence-electron chi connectivity index (χ2n) is 7.04. The lowest BCUT2D eigenvalue weighted by atomic mass is 9.91. The van der Waals surface area contributed by atoms with Crippen LogP contribution >= 0.6 is 11.6 Å². The molecule has 4 rings (SSSR count). The number of fused-ring (bicyclic) bond motifs is 3. The summed E-state index contributed by atoms with van der Waals surface area (Å²) >= 11 is 6.11. The van der Waals surface area contributed by atoms with Crippen LogP contribution < -0.4 is 10.1 Å². The lowest BCUT2D eigenvalue weighted by Gasteiger charge is -2.29. The standard InChI is InChI=1S/C21H22ClN3O2/c1-11-9-13(22)5-6-14(11)18-8-7-15-16(21(26)23-3)10-17-19(20(15)27-18)24-12(2)25(17)4/h5-6,9-10,18H,7-8H2,1-4H3,(H,23,26)/t18-/m0/s1. The summed E-state index contributed by atoms with van der Waals surface area (Å²) in [6, 6.07) is 7.79. The van der Waals surface area contributed by atoms with Gasteiger partial charge in [-0.25, -0.2) is 4.98 Å². The largest absolute Gasteiger partial charge is 0.483 e. The number of aryl methyl sites for hydroxylation is 3. The summed E-state index contributed by atoms with van der Waals surface area (Å²) in [4.78, 5) is 17.2. The smallest absolute Gasteiger partial charge is 0.251 e. The van der Waals surface area contributed by atoms with Gasteiger partial charge >= 0.3 is 0 Å². The maximum absolute atomic E-state index is 12.5. The summed E-state index contributed by atoms with van der Waals surface area (Å²) in [5.74, 6) is 1.51. The fraction of sp³-hybridized carbons (Fsp3) is 0.333. The Morgan fingerprint density at radius 1 is 1.33 bits per heavy atom. The molecule has 3 aromatic rings. The highest BCUT2D eigenvalue weighted by molar-refractivity contribution is 6.30. The van der Waals surface area contributed by atoms with E-state index in [0.29, 0.717) is 5.56 Å². The second kappa shape index (κ2) is 6.57. The highest BCUT2D eigenvalue weighted by atomic mass is 35.5. The molecule has 0 radical (unpaired) electrons. The van der Waals surface area contributed by atoms with Crippen molar-refractivity contribution in [2.45, 2.75) is 32.8 Å². The van der Waals surface area contributed by atoms with Crippen LogP contribution in [0.3, 0.4) is 0 Å². The van der Waals surface area contributed by atoms with E-state index in [1.54, 1.807) is 7.05 Å². The summed E-state index contributed by atoms with van der Waals surface area (Å²) in [7, 11) is 3.60. The molecule has 2 heterocycles. The number of halogens is 1. The van der Waals surface area contributed by atoms with Gasteiger partial charge < -0.3 is 14.6 Å². The maximum Gasteiger partial charge on any atom is 0.251 e. The van der Waals surface area contributed by atoms with Crippen molar-refractivity contribution in [2.24, 2.45) is 7.05 Å². The molecule has 0 unspecified atom stereocenters. The minimum absolute atomic E-state index is 0.0831. The maximum atomic E-state index is 12.5. The molecule has 0 saturated heterocycles. The number of rotatable bonds is 2. The number of carbonyl (C=O) groups is 1. The topological polar surface area (TPSA) is 56.2 Å². The van der Waals surface area contributed by atoms with Gasteiger partial charge in [0.05, 0.1) is 5.52 Å². The third kappa shape index (κ3) is 2.86. The van der Waals surface area contributed by atoms with E-state index in [0.717, 1.165) is 57.2 Å². The monoisotopic (exact) mass is 383 g/mol. The first kappa shape index (κ1) is 17.9. The van der Waals surface area contributed by atoms with Crippen molar-refractivity contribution >= 4 is 28.5 Å². The molecular formula is C21H22ClN3O2. The summed E-state index contributed by atoms with van der Waals surface area (Å²) in [5.41, 5.74) is 5.53. The molecule has 0 spiro atoms. The summed E-state index contributed by atoms with van der Waals surface area (Å²) in [5, 5.41) is 3.46. The molecule has 1 N–H and O–H groups in total. The molecule has 140 valence electrons. The third-order valence-electron chi connectivity index (χ3n) is 5.43. The first-order chi connectivity index (χ1) is 12.9. The van der Waals surface area contributed by atoms with Crippen molar-refractivity contribution in [3.63, 3.8) is 0 Å². The van der Waals surface area contributed by atoms with E-state index in [9.17, 15) is 4.79 Å². The molecule has 6 heteroatoms. The van der Waals surface area contributed by atoms with Crippen LogP contribution in [0.1, 0.15) is 45.4 Å². The van der Waals surface area contributed by atoms with E-state index >= 15 is 0 Å². The van der Waals surface area contributed by atoms with Crippen molar-refractivity contribution < 1.29 is 9.53 Å². The molecule has 27 heavy (non-hydrogen) atoms. The Hall–Kier alpha value is -2.53. The normalized spacial score (nSPS) is 16.1. The zero-order valence-corrected chi connectivity index (χ0v) is 16.6. The number of amides is 1. The van der Waals surface area contributed by atoms with Crippen LogP contribution in [0.2, 0.25) is 5.02 Å². The average molecular weight is 384 g/mol. The number of ether oxygens (including phenoxy) is 1. The van der Waals surface area contributed by atoms with Crippen LogP contribution in [0.25, 0.3) is 11.0 Å². The molecule has 0 saturated carbocycles. The Labute approximate surface area is 163 Å². The van der Waals surface area contributed by atoms with Gasteiger partial charge in [-0.15, -0.1) is 0 Å². The number of carbonyl (C=O) groups excluding carboxylic acids is 1. The quantitative estimate of drug-likeness (QED) is 0.719. The number of aromatic nitrogens is 2. The van der Waals surface area contributed by atoms with Gasteiger partial charge in [0.15, 0.2) is 5.75 Å². The zero-order valence-electron chi connectivity index (χ0n) is 15.9. The van der Waals surface area contributed by atoms with Crippen molar-refractivity contribution in [1.29, 1.82) is 0 Å². The highest BCUT2D eigenvalue weighted by Gasteiger charge is 2.30. The minimum atomic E-state index is -0.100. The highest BCUT2D eigenvalue weighted by Crippen LogP contribution is 2.42. The number of imidazole rings is 1. The van der Waals surface area contributed by atoms with E-state index in [1.165, 1.54) is 0 Å². The number of hydrogen-bond acceptors (Lipinski definition) is 3. The average Bonchev–Trinajstić information content (AvgIpc) is 2.94. The molecule has 1 amide bonds. The molecule has 1 aliphatic heterocycles. The van der Waals surface area contributed by atoms with Crippen LogP contribution in [-0.4, -0.2) is 22.5 Å². The van der Waals surface area contributed by atoms with Crippen LogP contribution in [-0.2, 0) is 13.5 Å². The van der Waals surface area contributed by atoms with E-state index in [-0.39, 0.29) is 12.0 Å². The van der Waals surface area contributed by atoms with E-state index < -0.39 is 0 Å². The number of hydrogen-bond donors (Lipinski definition) is 1. The predicted molar refractivity (Wildman–Crippen MR) is 107 cm³/mol. The Kier molecular flexibility index (Phi) is 4.35. The molecular weight excluding hydrogens is 362 g/mol. The zero-order chi connectivity index (χ0) is 19.3. The van der Waals surface area contributed by atoms with Crippen molar-refractivity contribution in [3.8, 4) is 5.75 Å². The number of nitrogens with one attached hydrogen (secondary N) is 1. The van der Waals surface area contributed by atoms with Crippen molar-refractivity contribution in [1.82, 2.24) is 14.9 Å².